The molecule has 0 unspecified atom stereocenters. The van der Waals surface area contributed by atoms with E-state index in [0.29, 0.717) is 11.1 Å². The number of anilines is 1. The zero-order valence-electron chi connectivity index (χ0n) is 19.2. The van der Waals surface area contributed by atoms with Crippen molar-refractivity contribution in [3.8, 4) is 5.69 Å². The summed E-state index contributed by atoms with van der Waals surface area (Å²) in [5.41, 5.74) is 2.73. The number of hydrogen-bond acceptors (Lipinski definition) is 5. The first kappa shape index (κ1) is 23.9. The summed E-state index contributed by atoms with van der Waals surface area (Å²) in [5.74, 6) is 0.853. The number of nitrogens with one attached hydrogen (secondary N) is 1. The molecule has 1 heterocycles. The van der Waals surface area contributed by atoms with E-state index < -0.39 is 0 Å². The molecule has 0 saturated carbocycles. The second kappa shape index (κ2) is 10.7. The quantitative estimate of drug-likeness (QED) is 0.445. The van der Waals surface area contributed by atoms with Crippen molar-refractivity contribution in [2.45, 2.75) is 44.3 Å². The van der Waals surface area contributed by atoms with Gasteiger partial charge in [0.1, 0.15) is 5.82 Å². The molecule has 0 fully saturated rings. The summed E-state index contributed by atoms with van der Waals surface area (Å²) in [4.78, 5) is 14.8. The van der Waals surface area contributed by atoms with E-state index in [9.17, 15) is 9.18 Å². The van der Waals surface area contributed by atoms with Crippen molar-refractivity contribution >= 4 is 23.4 Å². The van der Waals surface area contributed by atoms with Crippen LogP contribution in [0.5, 0.6) is 0 Å². The van der Waals surface area contributed by atoms with Gasteiger partial charge in [-0.3, -0.25) is 14.3 Å². The third-order valence-electron chi connectivity index (χ3n) is 5.60. The fourth-order valence-corrected chi connectivity index (χ4v) is 4.04. The number of rotatable bonds is 9. The third-order valence-corrected chi connectivity index (χ3v) is 6.53. The van der Waals surface area contributed by atoms with Gasteiger partial charge in [0.2, 0.25) is 5.91 Å². The van der Waals surface area contributed by atoms with Gasteiger partial charge >= 0.3 is 0 Å². The molecule has 1 amide bonds. The Balaban J connectivity index is 1.81. The molecule has 3 aromatic rings. The molecule has 170 valence electrons. The van der Waals surface area contributed by atoms with E-state index in [1.165, 1.54) is 23.9 Å². The van der Waals surface area contributed by atoms with Crippen LogP contribution < -0.4 is 5.32 Å². The first-order valence-electron chi connectivity index (χ1n) is 10.7. The van der Waals surface area contributed by atoms with Crippen LogP contribution in [0.3, 0.4) is 0 Å². The van der Waals surface area contributed by atoms with Crippen molar-refractivity contribution in [1.82, 2.24) is 19.7 Å². The molecule has 2 atom stereocenters. The largest absolute Gasteiger partial charge is 0.325 e. The molecule has 3 rings (SSSR count). The summed E-state index contributed by atoms with van der Waals surface area (Å²) >= 11 is 1.31. The molecular weight excluding hydrogens is 425 g/mol. The Labute approximate surface area is 193 Å². The lowest BCUT2D eigenvalue weighted by Gasteiger charge is -2.20. The summed E-state index contributed by atoms with van der Waals surface area (Å²) in [5, 5.41) is 12.3. The second-order valence-electron chi connectivity index (χ2n) is 8.03. The highest BCUT2D eigenvalue weighted by Crippen LogP contribution is 2.29. The zero-order chi connectivity index (χ0) is 23.3. The van der Waals surface area contributed by atoms with Gasteiger partial charge in [-0.1, -0.05) is 43.8 Å². The van der Waals surface area contributed by atoms with Gasteiger partial charge in [-0.15, -0.1) is 10.2 Å². The Bertz CT molecular complexity index is 1050. The van der Waals surface area contributed by atoms with Gasteiger partial charge in [0.15, 0.2) is 11.0 Å². The minimum Gasteiger partial charge on any atom is -0.325 e. The Morgan fingerprint density at radius 3 is 2.47 bits per heavy atom. The number of halogens is 1. The lowest BCUT2D eigenvalue weighted by atomic mass is 9.97. The summed E-state index contributed by atoms with van der Waals surface area (Å²) < 4.78 is 15.4. The van der Waals surface area contributed by atoms with Crippen molar-refractivity contribution in [3.63, 3.8) is 0 Å². The Morgan fingerprint density at radius 1 is 1.12 bits per heavy atom. The molecule has 0 spiro atoms. The summed E-state index contributed by atoms with van der Waals surface area (Å²) in [6.45, 7) is 6.31. The molecule has 0 radical (unpaired) electrons. The van der Waals surface area contributed by atoms with Crippen molar-refractivity contribution in [3.05, 3.63) is 65.7 Å². The topological polar surface area (TPSA) is 63.1 Å². The van der Waals surface area contributed by atoms with Crippen molar-refractivity contribution < 1.29 is 9.18 Å². The van der Waals surface area contributed by atoms with Crippen LogP contribution >= 0.6 is 11.8 Å². The van der Waals surface area contributed by atoms with Crippen molar-refractivity contribution in [2.24, 2.45) is 0 Å². The molecule has 2 aromatic carbocycles. The normalized spacial score (nSPS) is 13.2. The highest BCUT2D eigenvalue weighted by molar-refractivity contribution is 7.99. The van der Waals surface area contributed by atoms with E-state index in [0.717, 1.165) is 29.2 Å². The number of thioether (sulfide) groups is 1. The molecule has 32 heavy (non-hydrogen) atoms. The lowest BCUT2D eigenvalue weighted by molar-refractivity contribution is -0.113. The number of carbonyl (C=O) groups is 1. The van der Waals surface area contributed by atoms with Crippen molar-refractivity contribution in [1.29, 1.82) is 0 Å². The Hall–Kier alpha value is -2.71. The van der Waals surface area contributed by atoms with Crippen LogP contribution in [0.2, 0.25) is 0 Å². The molecule has 6 nitrogen and oxygen atoms in total. The van der Waals surface area contributed by atoms with Gasteiger partial charge in [-0.05, 0) is 69.3 Å². The SMILES string of the molecule is CC[C@@H](C)c1ccccc1NC(=O)CSc1nnc([C@@H](C)N(C)C)n1-c1ccc(F)cc1. The Kier molecular flexibility index (Phi) is 8.04. The maximum absolute atomic E-state index is 13.5. The van der Waals surface area contributed by atoms with Crippen LogP contribution in [0.4, 0.5) is 10.1 Å². The fourth-order valence-electron chi connectivity index (χ4n) is 3.29. The van der Waals surface area contributed by atoms with Crippen LogP contribution in [0.1, 0.15) is 50.5 Å². The molecule has 0 saturated heterocycles. The van der Waals surface area contributed by atoms with E-state index in [1.54, 1.807) is 12.1 Å². The number of para-hydroxylation sites is 1. The molecule has 0 bridgehead atoms. The molecule has 8 heteroatoms. The summed E-state index contributed by atoms with van der Waals surface area (Å²) in [6.07, 6.45) is 0.995. The minimum absolute atomic E-state index is 0.0156. The second-order valence-corrected chi connectivity index (χ2v) is 8.97. The summed E-state index contributed by atoms with van der Waals surface area (Å²) in [6, 6.07) is 14.1. The van der Waals surface area contributed by atoms with Crippen LogP contribution in [-0.4, -0.2) is 45.4 Å². The predicted octanol–water partition coefficient (Wildman–Crippen LogP) is 5.27. The van der Waals surface area contributed by atoms with E-state index in [-0.39, 0.29) is 23.5 Å². The van der Waals surface area contributed by atoms with Gasteiger partial charge in [-0.2, -0.15) is 0 Å². The average molecular weight is 456 g/mol. The lowest BCUT2D eigenvalue weighted by Crippen LogP contribution is -2.21. The number of hydrogen-bond donors (Lipinski definition) is 1. The first-order chi connectivity index (χ1) is 15.3. The molecule has 0 aliphatic heterocycles. The first-order valence-corrected chi connectivity index (χ1v) is 11.7. The zero-order valence-corrected chi connectivity index (χ0v) is 20.0. The van der Waals surface area contributed by atoms with Crippen molar-refractivity contribution in [2.75, 3.05) is 25.2 Å². The average Bonchev–Trinajstić information content (AvgIpc) is 3.21. The minimum atomic E-state index is -0.308. The number of nitrogens with zero attached hydrogens (tertiary/aromatic N) is 4. The maximum atomic E-state index is 13.5. The monoisotopic (exact) mass is 455 g/mol. The maximum Gasteiger partial charge on any atom is 0.234 e. The van der Waals surface area contributed by atoms with Gasteiger partial charge in [0, 0.05) is 11.4 Å². The van der Waals surface area contributed by atoms with Crippen LogP contribution in [0.15, 0.2) is 53.7 Å². The number of aromatic nitrogens is 3. The van der Waals surface area contributed by atoms with Gasteiger partial charge in [0.05, 0.1) is 11.8 Å². The molecule has 1 N–H and O–H groups in total. The third kappa shape index (κ3) is 5.55. The van der Waals surface area contributed by atoms with Crippen LogP contribution in [-0.2, 0) is 4.79 Å². The highest BCUT2D eigenvalue weighted by Gasteiger charge is 2.22. The van der Waals surface area contributed by atoms with E-state index in [2.05, 4.69) is 35.4 Å². The molecule has 1 aromatic heterocycles. The van der Waals surface area contributed by atoms with Crippen LogP contribution in [0, 0.1) is 5.82 Å². The molecular formula is C24H30FN5OS. The molecule has 0 aliphatic rings. The van der Waals surface area contributed by atoms with E-state index in [4.69, 9.17) is 0 Å². The van der Waals surface area contributed by atoms with Gasteiger partial charge in [-0.25, -0.2) is 4.39 Å². The molecule has 0 aliphatic carbocycles. The number of amides is 1. The van der Waals surface area contributed by atoms with Gasteiger partial charge in [0.25, 0.3) is 0 Å². The van der Waals surface area contributed by atoms with Gasteiger partial charge < -0.3 is 5.32 Å². The predicted molar refractivity (Wildman–Crippen MR) is 128 cm³/mol. The number of benzene rings is 2. The smallest absolute Gasteiger partial charge is 0.234 e. The van der Waals surface area contributed by atoms with E-state index >= 15 is 0 Å². The fraction of sp³-hybridized carbons (Fsp3) is 0.375. The summed E-state index contributed by atoms with van der Waals surface area (Å²) in [7, 11) is 3.92. The van der Waals surface area contributed by atoms with E-state index in [1.807, 2.05) is 48.7 Å². The van der Waals surface area contributed by atoms with Crippen LogP contribution in [0.25, 0.3) is 5.69 Å². The highest BCUT2D eigenvalue weighted by atomic mass is 32.2. The standard InChI is InChI=1S/C24H30FN5OS/c1-6-16(2)20-9-7-8-10-21(20)26-22(31)15-32-24-28-27-23(17(3)29(4)5)30(24)19-13-11-18(25)12-14-19/h7-14,16-17H,6,15H2,1-5H3,(H,26,31)/t16-,17-/m1/s1. The Morgan fingerprint density at radius 2 is 1.81 bits per heavy atom. The number of carbonyl (C=O) groups excluding carboxylic acids is 1.